The number of piperazine rings is 1. The number of amides is 1. The van der Waals surface area contributed by atoms with E-state index in [1.165, 1.54) is 6.07 Å². The van der Waals surface area contributed by atoms with Crippen molar-refractivity contribution < 1.29 is 19.0 Å². The van der Waals surface area contributed by atoms with Crippen LogP contribution in [0.25, 0.3) is 0 Å². The number of para-hydroxylation sites is 1. The van der Waals surface area contributed by atoms with Crippen molar-refractivity contribution >= 4 is 5.91 Å². The summed E-state index contributed by atoms with van der Waals surface area (Å²) in [6, 6.07) is 6.45. The lowest BCUT2D eigenvalue weighted by molar-refractivity contribution is -0.126. The van der Waals surface area contributed by atoms with E-state index in [-0.39, 0.29) is 24.3 Å². The number of nitrogens with one attached hydrogen (secondary N) is 1. The molecule has 1 aliphatic heterocycles. The minimum absolute atomic E-state index is 0.0569. The number of aliphatic hydroxyl groups is 1. The molecule has 0 aromatic heterocycles. The second kappa shape index (κ2) is 8.79. The summed E-state index contributed by atoms with van der Waals surface area (Å²) in [6.07, 6.45) is 1.51. The maximum Gasteiger partial charge on any atom is 0.237 e. The second-order valence-electron chi connectivity index (χ2n) is 7.19. The summed E-state index contributed by atoms with van der Waals surface area (Å²) in [4.78, 5) is 16.5. The van der Waals surface area contributed by atoms with Gasteiger partial charge in [0.05, 0.1) is 6.04 Å². The molecule has 2 unspecified atom stereocenters. The van der Waals surface area contributed by atoms with Gasteiger partial charge in [-0.05, 0) is 31.9 Å². The summed E-state index contributed by atoms with van der Waals surface area (Å²) in [5.74, 6) is -0.155. The highest BCUT2D eigenvalue weighted by Crippen LogP contribution is 2.19. The van der Waals surface area contributed by atoms with Crippen LogP contribution in [0.3, 0.4) is 0 Å². The number of ether oxygens (including phenoxy) is 1. The zero-order valence-electron chi connectivity index (χ0n) is 15.2. The number of halogens is 1. The summed E-state index contributed by atoms with van der Waals surface area (Å²) in [7, 11) is 0. The van der Waals surface area contributed by atoms with Crippen molar-refractivity contribution in [2.45, 2.75) is 38.0 Å². The zero-order valence-corrected chi connectivity index (χ0v) is 15.2. The standard InChI is InChI=1S/C19H28FN3O3/c1-14(19(25)21-15-6-7-15)23-10-8-22(9-11-23)12-16(24)13-26-18-5-3-2-4-17(18)20/h2-5,14-16,24H,6-13H2,1H3,(H,21,25). The highest BCUT2D eigenvalue weighted by Gasteiger charge is 2.30. The number of benzene rings is 1. The van der Waals surface area contributed by atoms with Gasteiger partial charge in [-0.1, -0.05) is 12.1 Å². The molecule has 1 saturated carbocycles. The van der Waals surface area contributed by atoms with E-state index in [0.29, 0.717) is 12.6 Å². The molecule has 1 aromatic carbocycles. The van der Waals surface area contributed by atoms with Gasteiger partial charge in [-0.25, -0.2) is 4.39 Å². The van der Waals surface area contributed by atoms with E-state index >= 15 is 0 Å². The Morgan fingerprint density at radius 3 is 2.65 bits per heavy atom. The number of rotatable bonds is 8. The molecule has 6 nitrogen and oxygen atoms in total. The summed E-state index contributed by atoms with van der Waals surface area (Å²) in [6.45, 7) is 5.65. The highest BCUT2D eigenvalue weighted by molar-refractivity contribution is 5.81. The number of hydrogen-bond donors (Lipinski definition) is 2. The van der Waals surface area contributed by atoms with Crippen LogP contribution in [0, 0.1) is 5.82 Å². The van der Waals surface area contributed by atoms with Crippen LogP contribution >= 0.6 is 0 Å². The average Bonchev–Trinajstić information content (AvgIpc) is 3.45. The molecule has 1 heterocycles. The summed E-state index contributed by atoms with van der Waals surface area (Å²) >= 11 is 0. The van der Waals surface area contributed by atoms with E-state index in [4.69, 9.17) is 4.74 Å². The fourth-order valence-corrected chi connectivity index (χ4v) is 3.15. The van der Waals surface area contributed by atoms with Gasteiger partial charge in [0.2, 0.25) is 5.91 Å². The minimum atomic E-state index is -0.684. The topological polar surface area (TPSA) is 65.0 Å². The first-order valence-corrected chi connectivity index (χ1v) is 9.35. The van der Waals surface area contributed by atoms with Crippen molar-refractivity contribution in [3.63, 3.8) is 0 Å². The first-order chi connectivity index (χ1) is 12.5. The van der Waals surface area contributed by atoms with Crippen molar-refractivity contribution in [2.75, 3.05) is 39.3 Å². The van der Waals surface area contributed by atoms with E-state index < -0.39 is 11.9 Å². The Labute approximate surface area is 153 Å². The van der Waals surface area contributed by atoms with Crippen molar-refractivity contribution in [2.24, 2.45) is 0 Å². The van der Waals surface area contributed by atoms with Gasteiger partial charge in [0.15, 0.2) is 11.6 Å². The Balaban J connectivity index is 1.36. The molecular formula is C19H28FN3O3. The lowest BCUT2D eigenvalue weighted by Crippen LogP contribution is -2.55. The molecule has 1 amide bonds. The third-order valence-corrected chi connectivity index (χ3v) is 4.99. The van der Waals surface area contributed by atoms with E-state index in [9.17, 15) is 14.3 Å². The predicted octanol–water partition coefficient (Wildman–Crippen LogP) is 0.850. The smallest absolute Gasteiger partial charge is 0.237 e. The molecule has 1 aliphatic carbocycles. The quantitative estimate of drug-likeness (QED) is 0.715. The van der Waals surface area contributed by atoms with Gasteiger partial charge in [0.25, 0.3) is 0 Å². The van der Waals surface area contributed by atoms with Gasteiger partial charge < -0.3 is 15.2 Å². The van der Waals surface area contributed by atoms with Crippen LogP contribution in [0.1, 0.15) is 19.8 Å². The zero-order chi connectivity index (χ0) is 18.5. The molecule has 2 N–H and O–H groups in total. The highest BCUT2D eigenvalue weighted by atomic mass is 19.1. The van der Waals surface area contributed by atoms with Gasteiger partial charge in [0.1, 0.15) is 12.7 Å². The Morgan fingerprint density at radius 1 is 1.31 bits per heavy atom. The van der Waals surface area contributed by atoms with Gasteiger partial charge >= 0.3 is 0 Å². The number of carbonyl (C=O) groups is 1. The Morgan fingerprint density at radius 2 is 2.00 bits per heavy atom. The Bertz CT molecular complexity index is 603. The van der Waals surface area contributed by atoms with Crippen molar-refractivity contribution in [1.29, 1.82) is 0 Å². The van der Waals surface area contributed by atoms with Crippen LogP contribution in [0.2, 0.25) is 0 Å². The van der Waals surface area contributed by atoms with Crippen LogP contribution in [0.4, 0.5) is 4.39 Å². The average molecular weight is 365 g/mol. The lowest BCUT2D eigenvalue weighted by atomic mass is 10.2. The molecule has 1 aromatic rings. The third-order valence-electron chi connectivity index (χ3n) is 4.99. The number of hydrogen-bond acceptors (Lipinski definition) is 5. The molecule has 1 saturated heterocycles. The summed E-state index contributed by atoms with van der Waals surface area (Å²) in [5.41, 5.74) is 0. The first kappa shape index (κ1) is 19.1. The van der Waals surface area contributed by atoms with Crippen molar-refractivity contribution in [3.8, 4) is 5.75 Å². The molecule has 144 valence electrons. The SMILES string of the molecule is CC(C(=O)NC1CC1)N1CCN(CC(O)COc2ccccc2F)CC1. The Hall–Kier alpha value is -1.70. The van der Waals surface area contributed by atoms with Crippen molar-refractivity contribution in [1.82, 2.24) is 15.1 Å². The normalized spacial score (nSPS) is 21.2. The molecule has 26 heavy (non-hydrogen) atoms. The van der Waals surface area contributed by atoms with E-state index in [0.717, 1.165) is 39.0 Å². The van der Waals surface area contributed by atoms with Gasteiger partial charge in [-0.2, -0.15) is 0 Å². The molecule has 7 heteroatoms. The van der Waals surface area contributed by atoms with E-state index in [2.05, 4.69) is 15.1 Å². The number of aliphatic hydroxyl groups excluding tert-OH is 1. The number of nitrogens with zero attached hydrogens (tertiary/aromatic N) is 2. The van der Waals surface area contributed by atoms with Gasteiger partial charge in [-0.15, -0.1) is 0 Å². The van der Waals surface area contributed by atoms with E-state index in [1.807, 2.05) is 6.92 Å². The van der Waals surface area contributed by atoms with Crippen molar-refractivity contribution in [3.05, 3.63) is 30.1 Å². The third kappa shape index (κ3) is 5.40. The molecule has 3 rings (SSSR count). The maximum absolute atomic E-state index is 13.5. The molecule has 0 radical (unpaired) electrons. The van der Waals surface area contributed by atoms with Crippen LogP contribution < -0.4 is 10.1 Å². The van der Waals surface area contributed by atoms with Gasteiger partial charge in [-0.3, -0.25) is 14.6 Å². The Kier molecular flexibility index (Phi) is 6.45. The minimum Gasteiger partial charge on any atom is -0.488 e. The molecule has 2 fully saturated rings. The van der Waals surface area contributed by atoms with Gasteiger partial charge in [0, 0.05) is 38.8 Å². The fourth-order valence-electron chi connectivity index (χ4n) is 3.15. The first-order valence-electron chi connectivity index (χ1n) is 9.35. The maximum atomic E-state index is 13.5. The number of carbonyl (C=O) groups excluding carboxylic acids is 1. The van der Waals surface area contributed by atoms with Crippen LogP contribution in [-0.2, 0) is 4.79 Å². The van der Waals surface area contributed by atoms with Crippen LogP contribution in [-0.4, -0.2) is 78.3 Å². The molecule has 0 bridgehead atoms. The second-order valence-corrected chi connectivity index (χ2v) is 7.19. The summed E-state index contributed by atoms with van der Waals surface area (Å²) in [5, 5.41) is 13.2. The number of β-amino-alcohol motifs (C(OH)–C–C–N with tert-alkyl or cyclic N) is 1. The lowest BCUT2D eigenvalue weighted by Gasteiger charge is -2.38. The monoisotopic (exact) mass is 365 g/mol. The van der Waals surface area contributed by atoms with E-state index in [1.54, 1.807) is 18.2 Å². The predicted molar refractivity (Wildman–Crippen MR) is 96.5 cm³/mol. The molecule has 0 spiro atoms. The largest absolute Gasteiger partial charge is 0.488 e. The summed E-state index contributed by atoms with van der Waals surface area (Å²) < 4.78 is 18.9. The fraction of sp³-hybridized carbons (Fsp3) is 0.632. The molecule has 2 aliphatic rings. The molecular weight excluding hydrogens is 337 g/mol. The molecule has 2 atom stereocenters. The van der Waals surface area contributed by atoms with Crippen LogP contribution in [0.15, 0.2) is 24.3 Å². The van der Waals surface area contributed by atoms with Crippen LogP contribution in [0.5, 0.6) is 5.75 Å².